The van der Waals surface area contributed by atoms with Gasteiger partial charge in [-0.3, -0.25) is 4.79 Å². The Hall–Kier alpha value is -1.71. The van der Waals surface area contributed by atoms with Crippen LogP contribution >= 0.6 is 11.8 Å². The molecule has 0 bridgehead atoms. The van der Waals surface area contributed by atoms with Crippen molar-refractivity contribution in [2.75, 3.05) is 57.7 Å². The Balaban J connectivity index is 0.00000182. The SMILES string of the molecule is COC.CSCCCNc1nc(C(C)(C)C)ncc1C(=O)N(CC(C)C)[C@@H]1CNC[C@H](C=O)C1. The standard InChI is InChI=1S/C23H39N5O2S.C2H6O/c1-16(2)14-28(18-10-17(15-29)11-24-12-18)21(30)19-13-26-22(23(3,4)5)27-20(19)25-8-7-9-31-6;1-3-2/h13,15-18,24H,7-12,14H2,1-6H3,(H,25,26,27);1-2H3/t17-,18+;/m1./s1. The third-order valence-electron chi connectivity index (χ3n) is 5.32. The molecule has 34 heavy (non-hydrogen) atoms. The van der Waals surface area contributed by atoms with E-state index in [1.165, 1.54) is 0 Å². The molecule has 0 aromatic carbocycles. The molecule has 2 atom stereocenters. The van der Waals surface area contributed by atoms with Crippen LogP contribution in [0.2, 0.25) is 0 Å². The fourth-order valence-corrected chi connectivity index (χ4v) is 4.13. The second-order valence-corrected chi connectivity index (χ2v) is 11.2. The molecule has 1 aliphatic rings. The number of methoxy groups -OCH3 is 1. The number of aromatic nitrogens is 2. The van der Waals surface area contributed by atoms with Crippen molar-refractivity contribution < 1.29 is 14.3 Å². The zero-order chi connectivity index (χ0) is 25.7. The number of hydrogen-bond acceptors (Lipinski definition) is 8. The largest absolute Gasteiger partial charge is 0.388 e. The number of amides is 1. The summed E-state index contributed by atoms with van der Waals surface area (Å²) in [6.07, 6.45) is 6.44. The van der Waals surface area contributed by atoms with Gasteiger partial charge in [0.05, 0.1) is 0 Å². The van der Waals surface area contributed by atoms with Crippen LogP contribution in [0.1, 0.15) is 63.6 Å². The van der Waals surface area contributed by atoms with Crippen LogP contribution in [-0.4, -0.2) is 85.5 Å². The maximum Gasteiger partial charge on any atom is 0.259 e. The lowest BCUT2D eigenvalue weighted by molar-refractivity contribution is -0.112. The third kappa shape index (κ3) is 9.88. The van der Waals surface area contributed by atoms with Gasteiger partial charge in [-0.25, -0.2) is 9.97 Å². The van der Waals surface area contributed by atoms with E-state index >= 15 is 0 Å². The van der Waals surface area contributed by atoms with E-state index < -0.39 is 0 Å². The van der Waals surface area contributed by atoms with Gasteiger partial charge in [0.2, 0.25) is 0 Å². The van der Waals surface area contributed by atoms with Gasteiger partial charge in [-0.2, -0.15) is 11.8 Å². The maximum absolute atomic E-state index is 13.7. The summed E-state index contributed by atoms with van der Waals surface area (Å²) in [5.74, 6) is 2.55. The number of nitrogens with one attached hydrogen (secondary N) is 2. The molecule has 0 radical (unpaired) electrons. The zero-order valence-corrected chi connectivity index (χ0v) is 23.1. The first-order valence-corrected chi connectivity index (χ1v) is 13.5. The lowest BCUT2D eigenvalue weighted by Crippen LogP contribution is -2.52. The molecular weight excluding hydrogens is 450 g/mol. The van der Waals surface area contributed by atoms with Crippen LogP contribution in [-0.2, 0) is 14.9 Å². The number of anilines is 1. The van der Waals surface area contributed by atoms with Crippen molar-refractivity contribution in [3.05, 3.63) is 17.6 Å². The predicted molar refractivity (Wildman–Crippen MR) is 142 cm³/mol. The van der Waals surface area contributed by atoms with Crippen molar-refractivity contribution in [3.63, 3.8) is 0 Å². The van der Waals surface area contributed by atoms with Crippen LogP contribution in [0.4, 0.5) is 5.82 Å². The molecular formula is C25H45N5O3S. The second-order valence-electron chi connectivity index (χ2n) is 10.2. The summed E-state index contributed by atoms with van der Waals surface area (Å²) in [5, 5.41) is 6.70. The van der Waals surface area contributed by atoms with Crippen molar-refractivity contribution in [2.24, 2.45) is 11.8 Å². The van der Waals surface area contributed by atoms with E-state index in [0.717, 1.165) is 25.0 Å². The minimum atomic E-state index is -0.209. The molecule has 8 nitrogen and oxygen atoms in total. The molecule has 1 saturated heterocycles. The Morgan fingerprint density at radius 2 is 2.03 bits per heavy atom. The van der Waals surface area contributed by atoms with Gasteiger partial charge in [-0.05, 0) is 30.8 Å². The molecule has 9 heteroatoms. The van der Waals surface area contributed by atoms with Gasteiger partial charge in [0.1, 0.15) is 23.5 Å². The van der Waals surface area contributed by atoms with Gasteiger partial charge < -0.3 is 25.1 Å². The molecule has 1 amide bonds. The number of piperidine rings is 1. The molecule has 2 heterocycles. The molecule has 194 valence electrons. The van der Waals surface area contributed by atoms with Crippen molar-refractivity contribution >= 4 is 29.8 Å². The van der Waals surface area contributed by atoms with E-state index in [0.29, 0.717) is 49.2 Å². The molecule has 2 N–H and O–H groups in total. The van der Waals surface area contributed by atoms with Crippen LogP contribution < -0.4 is 10.6 Å². The van der Waals surface area contributed by atoms with E-state index in [4.69, 9.17) is 4.98 Å². The maximum atomic E-state index is 13.7. The van der Waals surface area contributed by atoms with Crippen molar-refractivity contribution in [3.8, 4) is 0 Å². The highest BCUT2D eigenvalue weighted by molar-refractivity contribution is 7.98. The highest BCUT2D eigenvalue weighted by atomic mass is 32.2. The first kappa shape index (κ1) is 30.3. The zero-order valence-electron chi connectivity index (χ0n) is 22.3. The molecule has 0 saturated carbocycles. The monoisotopic (exact) mass is 495 g/mol. The van der Waals surface area contributed by atoms with Gasteiger partial charge in [0.25, 0.3) is 5.91 Å². The van der Waals surface area contributed by atoms with Crippen LogP contribution in [0.15, 0.2) is 6.20 Å². The number of rotatable bonds is 10. The minimum Gasteiger partial charge on any atom is -0.388 e. The lowest BCUT2D eigenvalue weighted by atomic mass is 9.94. The molecule has 1 aromatic heterocycles. The summed E-state index contributed by atoms with van der Waals surface area (Å²) in [7, 11) is 3.25. The average molecular weight is 496 g/mol. The summed E-state index contributed by atoms with van der Waals surface area (Å²) in [6, 6.07) is -0.0227. The number of thioether (sulfide) groups is 1. The van der Waals surface area contributed by atoms with E-state index in [-0.39, 0.29) is 23.3 Å². The molecule has 1 fully saturated rings. The van der Waals surface area contributed by atoms with E-state index in [9.17, 15) is 9.59 Å². The van der Waals surface area contributed by atoms with Crippen molar-refractivity contribution in [2.45, 2.75) is 58.9 Å². The Bertz CT molecular complexity index is 755. The predicted octanol–water partition coefficient (Wildman–Crippen LogP) is 3.48. The van der Waals surface area contributed by atoms with Gasteiger partial charge in [-0.15, -0.1) is 0 Å². The first-order valence-electron chi connectivity index (χ1n) is 12.1. The van der Waals surface area contributed by atoms with Gasteiger partial charge >= 0.3 is 0 Å². The van der Waals surface area contributed by atoms with Gasteiger partial charge in [0, 0.05) is 64.0 Å². The number of carbonyl (C=O) groups is 2. The number of hydrogen-bond donors (Lipinski definition) is 2. The number of carbonyl (C=O) groups excluding carboxylic acids is 2. The molecule has 2 rings (SSSR count). The van der Waals surface area contributed by atoms with E-state index in [2.05, 4.69) is 61.2 Å². The molecule has 0 unspecified atom stereocenters. The van der Waals surface area contributed by atoms with Gasteiger partial charge in [0.15, 0.2) is 0 Å². The first-order chi connectivity index (χ1) is 16.1. The molecule has 1 aliphatic heterocycles. The third-order valence-corrected chi connectivity index (χ3v) is 6.02. The van der Waals surface area contributed by atoms with Crippen LogP contribution in [0.3, 0.4) is 0 Å². The average Bonchev–Trinajstić information content (AvgIpc) is 2.79. The summed E-state index contributed by atoms with van der Waals surface area (Å²) in [6.45, 7) is 13.2. The number of ether oxygens (including phenoxy) is 1. The highest BCUT2D eigenvalue weighted by Gasteiger charge is 2.32. The Morgan fingerprint density at radius 3 is 2.59 bits per heavy atom. The van der Waals surface area contributed by atoms with Crippen LogP contribution in [0.5, 0.6) is 0 Å². The van der Waals surface area contributed by atoms with E-state index in [1.54, 1.807) is 32.2 Å². The summed E-state index contributed by atoms with van der Waals surface area (Å²) >= 11 is 1.80. The quantitative estimate of drug-likeness (QED) is 0.376. The van der Waals surface area contributed by atoms with Crippen molar-refractivity contribution in [1.82, 2.24) is 20.2 Å². The lowest BCUT2D eigenvalue weighted by Gasteiger charge is -2.38. The smallest absolute Gasteiger partial charge is 0.259 e. The fourth-order valence-electron chi connectivity index (χ4n) is 3.70. The summed E-state index contributed by atoms with van der Waals surface area (Å²) in [5.41, 5.74) is 0.297. The van der Waals surface area contributed by atoms with E-state index in [1.807, 2.05) is 4.90 Å². The summed E-state index contributed by atoms with van der Waals surface area (Å²) < 4.78 is 4.25. The molecule has 0 aliphatic carbocycles. The fraction of sp³-hybridized carbons (Fsp3) is 0.760. The van der Waals surface area contributed by atoms with Gasteiger partial charge in [-0.1, -0.05) is 34.6 Å². The van der Waals surface area contributed by atoms with Crippen LogP contribution in [0, 0.1) is 11.8 Å². The Labute approximate surface area is 210 Å². The number of aldehydes is 1. The summed E-state index contributed by atoms with van der Waals surface area (Å²) in [4.78, 5) is 36.3. The topological polar surface area (TPSA) is 96.4 Å². The van der Waals surface area contributed by atoms with Crippen molar-refractivity contribution in [1.29, 1.82) is 0 Å². The Kier molecular flexibility index (Phi) is 13.7. The Morgan fingerprint density at radius 1 is 1.35 bits per heavy atom. The van der Waals surface area contributed by atoms with Crippen LogP contribution in [0.25, 0.3) is 0 Å². The molecule has 0 spiro atoms. The second kappa shape index (κ2) is 15.3. The minimum absolute atomic E-state index is 0.0227. The molecule has 1 aromatic rings. The normalized spacial score (nSPS) is 18.1. The number of nitrogens with zero attached hydrogens (tertiary/aromatic N) is 3. The highest BCUT2D eigenvalue weighted by Crippen LogP contribution is 2.25.